The molecule has 0 bridgehead atoms. The molecule has 26 heavy (non-hydrogen) atoms. The van der Waals surface area contributed by atoms with Crippen LogP contribution in [-0.2, 0) is 6.54 Å². The van der Waals surface area contributed by atoms with Crippen molar-refractivity contribution in [3.05, 3.63) is 64.0 Å². The Balaban J connectivity index is 2.14. The van der Waals surface area contributed by atoms with Gasteiger partial charge in [-0.2, -0.15) is 0 Å². The quantitative estimate of drug-likeness (QED) is 0.654. The number of aromatic hydroxyl groups is 1. The van der Waals surface area contributed by atoms with Crippen LogP contribution in [0.5, 0.6) is 5.75 Å². The number of unbranched alkanes of at least 4 members (excludes halogenated alkanes) is 1. The van der Waals surface area contributed by atoms with E-state index in [9.17, 15) is 9.90 Å². The van der Waals surface area contributed by atoms with Crippen LogP contribution >= 0.6 is 0 Å². The van der Waals surface area contributed by atoms with Gasteiger partial charge in [-0.1, -0.05) is 43.7 Å². The second kappa shape index (κ2) is 7.75. The fraction of sp³-hybridized carbons (Fsp3) is 0.318. The molecule has 3 aromatic rings. The van der Waals surface area contributed by atoms with Crippen LogP contribution in [0.3, 0.4) is 0 Å². The van der Waals surface area contributed by atoms with Gasteiger partial charge in [-0.25, -0.2) is 4.79 Å². The molecule has 0 aliphatic carbocycles. The number of hydrogen-bond acceptors (Lipinski definition) is 4. The highest BCUT2D eigenvalue weighted by molar-refractivity contribution is 5.89. The van der Waals surface area contributed by atoms with E-state index < -0.39 is 0 Å². The standard InChI is InChI=1S/C22H25NO3/c1-4-5-13-23(3)14-18-19(24)12-11-17-15(2)20(22(25)26-21(17)18)16-9-7-6-8-10-16/h6-12,24H,4-5,13-14H2,1-3H3. The lowest BCUT2D eigenvalue weighted by Gasteiger charge is -2.18. The second-order valence-electron chi connectivity index (χ2n) is 6.79. The molecule has 0 unspecified atom stereocenters. The summed E-state index contributed by atoms with van der Waals surface area (Å²) in [6.45, 7) is 5.55. The molecule has 0 atom stereocenters. The molecule has 0 amide bonds. The van der Waals surface area contributed by atoms with Crippen LogP contribution < -0.4 is 5.63 Å². The molecule has 136 valence electrons. The van der Waals surface area contributed by atoms with E-state index in [1.807, 2.05) is 50.4 Å². The van der Waals surface area contributed by atoms with Crippen molar-refractivity contribution >= 4 is 11.0 Å². The van der Waals surface area contributed by atoms with E-state index in [2.05, 4.69) is 11.8 Å². The van der Waals surface area contributed by atoms with Crippen molar-refractivity contribution in [3.63, 3.8) is 0 Å². The third-order valence-corrected chi connectivity index (χ3v) is 4.80. The zero-order valence-electron chi connectivity index (χ0n) is 15.6. The summed E-state index contributed by atoms with van der Waals surface area (Å²) in [5.74, 6) is 0.163. The van der Waals surface area contributed by atoms with Crippen LogP contribution in [0.15, 0.2) is 51.7 Å². The molecule has 0 fully saturated rings. The number of aryl methyl sites for hydroxylation is 1. The summed E-state index contributed by atoms with van der Waals surface area (Å²) >= 11 is 0. The van der Waals surface area contributed by atoms with Crippen LogP contribution in [0, 0.1) is 6.92 Å². The SMILES string of the molecule is CCCCN(C)Cc1c(O)ccc2c(C)c(-c3ccccc3)c(=O)oc12. The Morgan fingerprint density at radius 2 is 1.85 bits per heavy atom. The molecule has 1 aromatic heterocycles. The molecule has 4 nitrogen and oxygen atoms in total. The molecular formula is C22H25NO3. The van der Waals surface area contributed by atoms with Crippen LogP contribution in [0.4, 0.5) is 0 Å². The Morgan fingerprint density at radius 3 is 2.54 bits per heavy atom. The van der Waals surface area contributed by atoms with Crippen molar-refractivity contribution < 1.29 is 9.52 Å². The third kappa shape index (κ3) is 3.51. The van der Waals surface area contributed by atoms with Crippen LogP contribution in [-0.4, -0.2) is 23.6 Å². The molecule has 0 saturated heterocycles. The summed E-state index contributed by atoms with van der Waals surface area (Å²) in [6, 6.07) is 13.1. The lowest BCUT2D eigenvalue weighted by molar-refractivity contribution is 0.314. The van der Waals surface area contributed by atoms with Gasteiger partial charge >= 0.3 is 5.63 Å². The molecule has 0 aliphatic rings. The number of phenolic OH excluding ortho intramolecular Hbond substituents is 1. The van der Waals surface area contributed by atoms with E-state index in [1.54, 1.807) is 6.07 Å². The van der Waals surface area contributed by atoms with Crippen molar-refractivity contribution in [2.24, 2.45) is 0 Å². The van der Waals surface area contributed by atoms with Gasteiger partial charge in [0, 0.05) is 11.9 Å². The van der Waals surface area contributed by atoms with E-state index in [4.69, 9.17) is 4.42 Å². The highest BCUT2D eigenvalue weighted by Crippen LogP contribution is 2.32. The van der Waals surface area contributed by atoms with E-state index >= 15 is 0 Å². The van der Waals surface area contributed by atoms with Crippen LogP contribution in [0.2, 0.25) is 0 Å². The first-order valence-corrected chi connectivity index (χ1v) is 9.05. The molecule has 4 heteroatoms. The summed E-state index contributed by atoms with van der Waals surface area (Å²) in [4.78, 5) is 14.9. The highest BCUT2D eigenvalue weighted by atomic mass is 16.4. The molecule has 1 heterocycles. The maximum atomic E-state index is 12.7. The predicted molar refractivity (Wildman–Crippen MR) is 106 cm³/mol. The molecular weight excluding hydrogens is 326 g/mol. The highest BCUT2D eigenvalue weighted by Gasteiger charge is 2.18. The predicted octanol–water partition coefficient (Wildman–Crippen LogP) is 4.71. The second-order valence-corrected chi connectivity index (χ2v) is 6.79. The summed E-state index contributed by atoms with van der Waals surface area (Å²) in [5, 5.41) is 11.2. The Labute approximate surface area is 153 Å². The monoisotopic (exact) mass is 351 g/mol. The first-order valence-electron chi connectivity index (χ1n) is 9.05. The van der Waals surface area contributed by atoms with E-state index in [0.29, 0.717) is 23.3 Å². The number of nitrogens with zero attached hydrogens (tertiary/aromatic N) is 1. The van der Waals surface area contributed by atoms with Gasteiger partial charge in [0.25, 0.3) is 0 Å². The first kappa shape index (κ1) is 18.2. The lowest BCUT2D eigenvalue weighted by atomic mass is 9.98. The van der Waals surface area contributed by atoms with E-state index in [-0.39, 0.29) is 11.4 Å². The molecule has 1 N–H and O–H groups in total. The van der Waals surface area contributed by atoms with Gasteiger partial charge < -0.3 is 14.4 Å². The minimum atomic E-state index is -0.371. The maximum absolute atomic E-state index is 12.7. The molecule has 0 aliphatic heterocycles. The van der Waals surface area contributed by atoms with Gasteiger partial charge in [0.2, 0.25) is 0 Å². The average molecular weight is 351 g/mol. The fourth-order valence-corrected chi connectivity index (χ4v) is 3.33. The Hall–Kier alpha value is -2.59. The van der Waals surface area contributed by atoms with Gasteiger partial charge in [0.15, 0.2) is 0 Å². The van der Waals surface area contributed by atoms with Gasteiger partial charge in [0.05, 0.1) is 11.1 Å². The van der Waals surface area contributed by atoms with Crippen molar-refractivity contribution in [1.29, 1.82) is 0 Å². The maximum Gasteiger partial charge on any atom is 0.344 e. The molecule has 0 spiro atoms. The minimum absolute atomic E-state index is 0.163. The Morgan fingerprint density at radius 1 is 1.12 bits per heavy atom. The minimum Gasteiger partial charge on any atom is -0.507 e. The summed E-state index contributed by atoms with van der Waals surface area (Å²) < 4.78 is 5.70. The van der Waals surface area contributed by atoms with Crippen molar-refractivity contribution in [3.8, 4) is 16.9 Å². The number of fused-ring (bicyclic) bond motifs is 1. The number of hydrogen-bond donors (Lipinski definition) is 1. The molecule has 2 aromatic carbocycles. The van der Waals surface area contributed by atoms with E-state index in [1.165, 1.54) is 0 Å². The van der Waals surface area contributed by atoms with Gasteiger partial charge in [-0.15, -0.1) is 0 Å². The zero-order valence-corrected chi connectivity index (χ0v) is 15.6. The van der Waals surface area contributed by atoms with Crippen LogP contribution in [0.1, 0.15) is 30.9 Å². The average Bonchev–Trinajstić information content (AvgIpc) is 2.63. The zero-order chi connectivity index (χ0) is 18.7. The Bertz CT molecular complexity index is 961. The third-order valence-electron chi connectivity index (χ3n) is 4.80. The smallest absolute Gasteiger partial charge is 0.344 e. The Kier molecular flexibility index (Phi) is 5.43. The largest absolute Gasteiger partial charge is 0.507 e. The van der Waals surface area contributed by atoms with Gasteiger partial charge in [0.1, 0.15) is 11.3 Å². The first-order chi connectivity index (χ1) is 12.5. The van der Waals surface area contributed by atoms with Gasteiger partial charge in [-0.3, -0.25) is 0 Å². The number of rotatable bonds is 6. The fourth-order valence-electron chi connectivity index (χ4n) is 3.33. The summed E-state index contributed by atoms with van der Waals surface area (Å²) in [5.41, 5.74) is 3.07. The van der Waals surface area contributed by atoms with Crippen molar-refractivity contribution in [2.45, 2.75) is 33.2 Å². The van der Waals surface area contributed by atoms with Gasteiger partial charge in [-0.05, 0) is 50.2 Å². The molecule has 0 saturated carbocycles. The van der Waals surface area contributed by atoms with Crippen molar-refractivity contribution in [2.75, 3.05) is 13.6 Å². The number of benzene rings is 2. The summed E-state index contributed by atoms with van der Waals surface area (Å²) in [6.07, 6.45) is 2.20. The number of phenols is 1. The molecule has 0 radical (unpaired) electrons. The van der Waals surface area contributed by atoms with Crippen molar-refractivity contribution in [1.82, 2.24) is 4.90 Å². The molecule has 3 rings (SSSR count). The topological polar surface area (TPSA) is 53.7 Å². The van der Waals surface area contributed by atoms with Crippen LogP contribution in [0.25, 0.3) is 22.1 Å². The lowest BCUT2D eigenvalue weighted by Crippen LogP contribution is -2.19. The summed E-state index contributed by atoms with van der Waals surface area (Å²) in [7, 11) is 2.01. The normalized spacial score (nSPS) is 11.4. The van der Waals surface area contributed by atoms with E-state index in [0.717, 1.165) is 35.9 Å².